The Labute approximate surface area is 76.2 Å². The molecule has 4 heteroatoms. The Hall–Kier alpha value is -0.610. The Bertz CT molecular complexity index is 247. The SMILES string of the molecule is COc1cc(C(C)C(C)O)sn1. The van der Waals surface area contributed by atoms with Crippen LogP contribution in [0.15, 0.2) is 6.07 Å². The summed E-state index contributed by atoms with van der Waals surface area (Å²) in [5.41, 5.74) is 0. The van der Waals surface area contributed by atoms with Gasteiger partial charge in [0.25, 0.3) is 0 Å². The lowest BCUT2D eigenvalue weighted by molar-refractivity contribution is 0.170. The van der Waals surface area contributed by atoms with Gasteiger partial charge in [-0.1, -0.05) is 6.92 Å². The van der Waals surface area contributed by atoms with E-state index in [4.69, 9.17) is 4.74 Å². The Morgan fingerprint density at radius 1 is 1.58 bits per heavy atom. The molecule has 0 aromatic carbocycles. The van der Waals surface area contributed by atoms with E-state index in [1.54, 1.807) is 14.0 Å². The molecule has 0 aliphatic heterocycles. The first-order valence-corrected chi connectivity index (χ1v) is 4.61. The van der Waals surface area contributed by atoms with Crippen LogP contribution < -0.4 is 4.74 Å². The van der Waals surface area contributed by atoms with Gasteiger partial charge in [-0.15, -0.1) is 0 Å². The van der Waals surface area contributed by atoms with Gasteiger partial charge in [0.2, 0.25) is 5.88 Å². The first kappa shape index (κ1) is 9.48. The Morgan fingerprint density at radius 3 is 2.67 bits per heavy atom. The highest BCUT2D eigenvalue weighted by Crippen LogP contribution is 2.26. The molecule has 0 saturated carbocycles. The lowest BCUT2D eigenvalue weighted by Crippen LogP contribution is -2.09. The molecule has 2 atom stereocenters. The minimum Gasteiger partial charge on any atom is -0.480 e. The van der Waals surface area contributed by atoms with Crippen molar-refractivity contribution in [2.24, 2.45) is 0 Å². The molecule has 0 amide bonds. The fourth-order valence-electron chi connectivity index (χ4n) is 0.821. The summed E-state index contributed by atoms with van der Waals surface area (Å²) in [5.74, 6) is 0.758. The number of aliphatic hydroxyl groups excluding tert-OH is 1. The normalized spacial score (nSPS) is 15.7. The van der Waals surface area contributed by atoms with E-state index in [-0.39, 0.29) is 12.0 Å². The van der Waals surface area contributed by atoms with Crippen LogP contribution in [0.25, 0.3) is 0 Å². The smallest absolute Gasteiger partial charge is 0.225 e. The van der Waals surface area contributed by atoms with Gasteiger partial charge < -0.3 is 9.84 Å². The van der Waals surface area contributed by atoms with Gasteiger partial charge >= 0.3 is 0 Å². The lowest BCUT2D eigenvalue weighted by Gasteiger charge is -2.10. The third-order valence-corrected chi connectivity index (χ3v) is 2.86. The van der Waals surface area contributed by atoms with Crippen molar-refractivity contribution in [1.82, 2.24) is 4.37 Å². The molecule has 0 saturated heterocycles. The van der Waals surface area contributed by atoms with E-state index < -0.39 is 0 Å². The lowest BCUT2D eigenvalue weighted by atomic mass is 10.1. The quantitative estimate of drug-likeness (QED) is 0.782. The van der Waals surface area contributed by atoms with E-state index in [0.717, 1.165) is 4.88 Å². The summed E-state index contributed by atoms with van der Waals surface area (Å²) in [6.07, 6.45) is -0.338. The van der Waals surface area contributed by atoms with Crippen LogP contribution in [0.1, 0.15) is 24.6 Å². The van der Waals surface area contributed by atoms with Crippen LogP contribution >= 0.6 is 11.5 Å². The number of hydrogen-bond acceptors (Lipinski definition) is 4. The fraction of sp³-hybridized carbons (Fsp3) is 0.625. The van der Waals surface area contributed by atoms with Crippen LogP contribution in [0.4, 0.5) is 0 Å². The maximum atomic E-state index is 9.29. The standard InChI is InChI=1S/C8H13NO2S/c1-5(6(2)10)7-4-8(11-3)9-12-7/h4-6,10H,1-3H3. The molecule has 3 nitrogen and oxygen atoms in total. The molecule has 1 aromatic heterocycles. The number of methoxy groups -OCH3 is 1. The molecule has 0 spiro atoms. The summed E-state index contributed by atoms with van der Waals surface area (Å²) in [6.45, 7) is 3.74. The van der Waals surface area contributed by atoms with E-state index in [1.165, 1.54) is 11.5 Å². The molecule has 0 aliphatic rings. The van der Waals surface area contributed by atoms with Crippen LogP contribution in [0.2, 0.25) is 0 Å². The third-order valence-electron chi connectivity index (χ3n) is 1.89. The maximum Gasteiger partial charge on any atom is 0.225 e. The summed E-state index contributed by atoms with van der Waals surface area (Å²) in [5, 5.41) is 9.29. The average Bonchev–Trinajstić information content (AvgIpc) is 2.50. The molecule has 1 rings (SSSR count). The van der Waals surface area contributed by atoms with Gasteiger partial charge in [0, 0.05) is 16.9 Å². The second kappa shape index (κ2) is 3.87. The van der Waals surface area contributed by atoms with Gasteiger partial charge in [0.1, 0.15) is 0 Å². The Kier molecular flexibility index (Phi) is 3.05. The number of rotatable bonds is 3. The van der Waals surface area contributed by atoms with E-state index in [1.807, 2.05) is 13.0 Å². The van der Waals surface area contributed by atoms with E-state index in [9.17, 15) is 5.11 Å². The molecule has 1 N–H and O–H groups in total. The summed E-state index contributed by atoms with van der Waals surface area (Å²) in [7, 11) is 1.59. The van der Waals surface area contributed by atoms with Crippen molar-refractivity contribution >= 4 is 11.5 Å². The summed E-state index contributed by atoms with van der Waals surface area (Å²) in [4.78, 5) is 1.06. The van der Waals surface area contributed by atoms with Crippen molar-refractivity contribution in [3.05, 3.63) is 10.9 Å². The summed E-state index contributed by atoms with van der Waals surface area (Å²) >= 11 is 1.38. The van der Waals surface area contributed by atoms with Gasteiger partial charge in [-0.3, -0.25) is 0 Å². The van der Waals surface area contributed by atoms with Gasteiger partial charge in [0.15, 0.2) is 0 Å². The highest BCUT2D eigenvalue weighted by molar-refractivity contribution is 7.06. The van der Waals surface area contributed by atoms with Gasteiger partial charge in [0.05, 0.1) is 13.2 Å². The fourth-order valence-corrected chi connectivity index (χ4v) is 1.66. The monoisotopic (exact) mass is 187 g/mol. The highest BCUT2D eigenvalue weighted by atomic mass is 32.1. The molecule has 68 valence electrons. The molecule has 12 heavy (non-hydrogen) atoms. The van der Waals surface area contributed by atoms with Crippen molar-refractivity contribution in [3.63, 3.8) is 0 Å². The Balaban J connectivity index is 2.74. The van der Waals surface area contributed by atoms with Gasteiger partial charge in [-0.25, -0.2) is 0 Å². The molecule has 0 aliphatic carbocycles. The van der Waals surface area contributed by atoms with Gasteiger partial charge in [-0.2, -0.15) is 4.37 Å². The molecule has 1 heterocycles. The van der Waals surface area contributed by atoms with E-state index in [2.05, 4.69) is 4.37 Å². The van der Waals surface area contributed by atoms with E-state index >= 15 is 0 Å². The molecule has 0 radical (unpaired) electrons. The van der Waals surface area contributed by atoms with Crippen LogP contribution in [-0.2, 0) is 0 Å². The molecule has 2 unspecified atom stereocenters. The Morgan fingerprint density at radius 2 is 2.25 bits per heavy atom. The molecular formula is C8H13NO2S. The minimum absolute atomic E-state index is 0.131. The van der Waals surface area contributed by atoms with Crippen molar-refractivity contribution in [1.29, 1.82) is 0 Å². The first-order valence-electron chi connectivity index (χ1n) is 3.83. The van der Waals surface area contributed by atoms with Crippen molar-refractivity contribution in [3.8, 4) is 5.88 Å². The summed E-state index contributed by atoms with van der Waals surface area (Å²) < 4.78 is 8.99. The summed E-state index contributed by atoms with van der Waals surface area (Å²) in [6, 6.07) is 1.86. The van der Waals surface area contributed by atoms with Gasteiger partial charge in [-0.05, 0) is 18.5 Å². The van der Waals surface area contributed by atoms with Crippen molar-refractivity contribution in [2.45, 2.75) is 25.9 Å². The van der Waals surface area contributed by atoms with Crippen molar-refractivity contribution in [2.75, 3.05) is 7.11 Å². The number of nitrogens with zero attached hydrogens (tertiary/aromatic N) is 1. The number of aliphatic hydroxyl groups is 1. The molecule has 1 aromatic rings. The highest BCUT2D eigenvalue weighted by Gasteiger charge is 2.14. The first-order chi connectivity index (χ1) is 5.65. The van der Waals surface area contributed by atoms with Crippen LogP contribution in [0.3, 0.4) is 0 Å². The average molecular weight is 187 g/mol. The maximum absolute atomic E-state index is 9.29. The van der Waals surface area contributed by atoms with Crippen molar-refractivity contribution < 1.29 is 9.84 Å². The molecular weight excluding hydrogens is 174 g/mol. The molecule has 0 fully saturated rings. The zero-order chi connectivity index (χ0) is 9.14. The number of aromatic nitrogens is 1. The largest absolute Gasteiger partial charge is 0.480 e. The van der Waals surface area contributed by atoms with Crippen LogP contribution in [0.5, 0.6) is 5.88 Å². The second-order valence-corrected chi connectivity index (χ2v) is 3.64. The molecule has 0 bridgehead atoms. The predicted octanol–water partition coefficient (Wildman–Crippen LogP) is 1.64. The topological polar surface area (TPSA) is 42.4 Å². The zero-order valence-electron chi connectivity index (χ0n) is 7.44. The predicted molar refractivity (Wildman–Crippen MR) is 48.8 cm³/mol. The minimum atomic E-state index is -0.338. The zero-order valence-corrected chi connectivity index (χ0v) is 8.26. The number of ether oxygens (including phenoxy) is 1. The second-order valence-electron chi connectivity index (χ2n) is 2.80. The van der Waals surface area contributed by atoms with E-state index in [0.29, 0.717) is 5.88 Å². The third kappa shape index (κ3) is 1.95. The number of hydrogen-bond donors (Lipinski definition) is 1. The van der Waals surface area contributed by atoms with Crippen LogP contribution in [-0.4, -0.2) is 22.7 Å². The van der Waals surface area contributed by atoms with Crippen LogP contribution in [0, 0.1) is 0 Å².